The lowest BCUT2D eigenvalue weighted by molar-refractivity contribution is 0.0427. The first kappa shape index (κ1) is 15.7. The van der Waals surface area contributed by atoms with E-state index in [-0.39, 0.29) is 18.2 Å². The number of nitrogens with one attached hydrogen (secondary N) is 1. The first-order valence-electron chi connectivity index (χ1n) is 8.26. The van der Waals surface area contributed by atoms with Crippen LogP contribution in [0.1, 0.15) is 34.9 Å². The first-order valence-corrected chi connectivity index (χ1v) is 9.05. The molecule has 2 aliphatic heterocycles. The summed E-state index contributed by atoms with van der Waals surface area (Å²) >= 11 is 3.47. The second-order valence-corrected chi connectivity index (χ2v) is 7.15. The highest BCUT2D eigenvalue weighted by atomic mass is 79.9. The van der Waals surface area contributed by atoms with Crippen molar-refractivity contribution >= 4 is 27.5 Å². The number of rotatable bonds is 3. The summed E-state index contributed by atoms with van der Waals surface area (Å²) in [6, 6.07) is 15.8. The van der Waals surface area contributed by atoms with E-state index < -0.39 is 0 Å². The fourth-order valence-corrected chi connectivity index (χ4v) is 3.66. The van der Waals surface area contributed by atoms with Crippen LogP contribution in [0.25, 0.3) is 0 Å². The van der Waals surface area contributed by atoms with Gasteiger partial charge in [0.15, 0.2) is 0 Å². The molecule has 24 heavy (non-hydrogen) atoms. The van der Waals surface area contributed by atoms with E-state index in [9.17, 15) is 4.79 Å². The van der Waals surface area contributed by atoms with Gasteiger partial charge in [0.05, 0.1) is 11.7 Å². The van der Waals surface area contributed by atoms with E-state index in [1.807, 2.05) is 53.4 Å². The third-order valence-electron chi connectivity index (χ3n) is 4.63. The SMILES string of the molecule is O=C1c2ccccc2N[C@@H](c2ccc(Br)cc2)N1C[C@@H]1CCCO1. The molecule has 5 heteroatoms. The van der Waals surface area contributed by atoms with Gasteiger partial charge in [-0.3, -0.25) is 4.79 Å². The molecule has 0 saturated carbocycles. The zero-order valence-corrected chi connectivity index (χ0v) is 14.8. The van der Waals surface area contributed by atoms with Gasteiger partial charge in [-0.2, -0.15) is 0 Å². The summed E-state index contributed by atoms with van der Waals surface area (Å²) in [5, 5.41) is 3.52. The highest BCUT2D eigenvalue weighted by molar-refractivity contribution is 9.10. The molecule has 1 fully saturated rings. The maximum Gasteiger partial charge on any atom is 0.257 e. The highest BCUT2D eigenvalue weighted by Gasteiger charge is 2.35. The Morgan fingerprint density at radius 3 is 2.71 bits per heavy atom. The van der Waals surface area contributed by atoms with Crippen LogP contribution in [0.3, 0.4) is 0 Å². The van der Waals surface area contributed by atoms with Gasteiger partial charge < -0.3 is 15.0 Å². The van der Waals surface area contributed by atoms with Crippen molar-refractivity contribution in [2.24, 2.45) is 0 Å². The molecule has 2 atom stereocenters. The quantitative estimate of drug-likeness (QED) is 0.859. The Balaban J connectivity index is 1.70. The Morgan fingerprint density at radius 1 is 1.17 bits per heavy atom. The molecule has 1 saturated heterocycles. The van der Waals surface area contributed by atoms with E-state index in [1.54, 1.807) is 0 Å². The molecule has 0 spiro atoms. The van der Waals surface area contributed by atoms with Gasteiger partial charge in [0.25, 0.3) is 5.91 Å². The molecule has 2 aromatic rings. The Kier molecular flexibility index (Phi) is 4.29. The number of hydrogen-bond acceptors (Lipinski definition) is 3. The predicted octanol–water partition coefficient (Wildman–Crippen LogP) is 4.19. The number of carbonyl (C=O) groups is 1. The number of para-hydroxylation sites is 1. The van der Waals surface area contributed by atoms with Crippen LogP contribution in [-0.2, 0) is 4.74 Å². The van der Waals surface area contributed by atoms with Crippen LogP contribution in [0.4, 0.5) is 5.69 Å². The molecule has 0 bridgehead atoms. The van der Waals surface area contributed by atoms with Crippen molar-refractivity contribution in [3.05, 3.63) is 64.1 Å². The third-order valence-corrected chi connectivity index (χ3v) is 5.16. The second kappa shape index (κ2) is 6.57. The second-order valence-electron chi connectivity index (χ2n) is 6.24. The zero-order valence-electron chi connectivity index (χ0n) is 13.2. The van der Waals surface area contributed by atoms with E-state index >= 15 is 0 Å². The molecule has 4 rings (SSSR count). The lowest BCUT2D eigenvalue weighted by Gasteiger charge is -2.39. The molecule has 0 aliphatic carbocycles. The van der Waals surface area contributed by atoms with Gasteiger partial charge in [-0.25, -0.2) is 0 Å². The molecule has 2 heterocycles. The molecule has 1 amide bonds. The van der Waals surface area contributed by atoms with E-state index in [0.717, 1.165) is 40.7 Å². The van der Waals surface area contributed by atoms with E-state index in [2.05, 4.69) is 21.2 Å². The Morgan fingerprint density at radius 2 is 1.96 bits per heavy atom. The Labute approximate surface area is 149 Å². The Bertz CT molecular complexity index is 741. The number of carbonyl (C=O) groups excluding carboxylic acids is 1. The monoisotopic (exact) mass is 386 g/mol. The van der Waals surface area contributed by atoms with Crippen molar-refractivity contribution in [2.45, 2.75) is 25.1 Å². The van der Waals surface area contributed by atoms with Crippen molar-refractivity contribution in [1.29, 1.82) is 0 Å². The summed E-state index contributed by atoms with van der Waals surface area (Å²) in [4.78, 5) is 15.0. The fraction of sp³-hybridized carbons (Fsp3) is 0.316. The molecular formula is C19H19BrN2O2. The number of halogens is 1. The van der Waals surface area contributed by atoms with E-state index in [1.165, 1.54) is 0 Å². The smallest absolute Gasteiger partial charge is 0.257 e. The number of amides is 1. The number of anilines is 1. The molecule has 124 valence electrons. The maximum absolute atomic E-state index is 13.1. The lowest BCUT2D eigenvalue weighted by Crippen LogP contribution is -2.46. The van der Waals surface area contributed by atoms with Gasteiger partial charge in [-0.15, -0.1) is 0 Å². The van der Waals surface area contributed by atoms with Gasteiger partial charge in [0, 0.05) is 23.3 Å². The van der Waals surface area contributed by atoms with Crippen molar-refractivity contribution in [1.82, 2.24) is 4.90 Å². The molecule has 2 aromatic carbocycles. The van der Waals surface area contributed by atoms with Crippen LogP contribution in [0, 0.1) is 0 Å². The fourth-order valence-electron chi connectivity index (χ4n) is 3.40. The number of benzene rings is 2. The minimum absolute atomic E-state index is 0.0627. The number of ether oxygens (including phenoxy) is 1. The molecule has 0 aromatic heterocycles. The van der Waals surface area contributed by atoms with Crippen LogP contribution in [0.15, 0.2) is 53.0 Å². The molecule has 4 nitrogen and oxygen atoms in total. The standard InChI is InChI=1S/C19H19BrN2O2/c20-14-9-7-13(8-10-14)18-21-17-6-2-1-5-16(17)19(23)22(18)12-15-4-3-11-24-15/h1-2,5-10,15,18,21H,3-4,11-12H2/t15-,18+/m0/s1. The third kappa shape index (κ3) is 2.94. The molecule has 0 radical (unpaired) electrons. The number of fused-ring (bicyclic) bond motifs is 1. The molecule has 1 N–H and O–H groups in total. The van der Waals surface area contributed by atoms with Crippen molar-refractivity contribution < 1.29 is 9.53 Å². The van der Waals surface area contributed by atoms with E-state index in [0.29, 0.717) is 6.54 Å². The van der Waals surface area contributed by atoms with Gasteiger partial charge in [0.2, 0.25) is 0 Å². The van der Waals surface area contributed by atoms with Gasteiger partial charge >= 0.3 is 0 Å². The van der Waals surface area contributed by atoms with Crippen LogP contribution < -0.4 is 5.32 Å². The van der Waals surface area contributed by atoms with Crippen LogP contribution in [-0.4, -0.2) is 30.1 Å². The minimum Gasteiger partial charge on any atom is -0.376 e. The van der Waals surface area contributed by atoms with Crippen molar-refractivity contribution in [3.63, 3.8) is 0 Å². The van der Waals surface area contributed by atoms with Gasteiger partial charge in [0.1, 0.15) is 6.17 Å². The molecule has 0 unspecified atom stereocenters. The van der Waals surface area contributed by atoms with Crippen LogP contribution in [0.2, 0.25) is 0 Å². The minimum atomic E-state index is -0.176. The largest absolute Gasteiger partial charge is 0.376 e. The average molecular weight is 387 g/mol. The molecular weight excluding hydrogens is 368 g/mol. The normalized spacial score (nSPS) is 23.0. The summed E-state index contributed by atoms with van der Waals surface area (Å²) in [6.07, 6.45) is 2.03. The summed E-state index contributed by atoms with van der Waals surface area (Å²) in [7, 11) is 0. The number of hydrogen-bond donors (Lipinski definition) is 1. The summed E-state index contributed by atoms with van der Waals surface area (Å²) in [5.41, 5.74) is 2.68. The van der Waals surface area contributed by atoms with Gasteiger partial charge in [-0.1, -0.05) is 40.2 Å². The lowest BCUT2D eigenvalue weighted by atomic mass is 10.0. The summed E-state index contributed by atoms with van der Waals surface area (Å²) in [6.45, 7) is 1.40. The maximum atomic E-state index is 13.1. The average Bonchev–Trinajstić information content (AvgIpc) is 3.11. The summed E-state index contributed by atoms with van der Waals surface area (Å²) in [5.74, 6) is 0.0627. The predicted molar refractivity (Wildman–Crippen MR) is 97.0 cm³/mol. The summed E-state index contributed by atoms with van der Waals surface area (Å²) < 4.78 is 6.79. The molecule has 2 aliphatic rings. The van der Waals surface area contributed by atoms with E-state index in [4.69, 9.17) is 4.74 Å². The van der Waals surface area contributed by atoms with Crippen LogP contribution in [0.5, 0.6) is 0 Å². The van der Waals surface area contributed by atoms with Crippen molar-refractivity contribution in [3.8, 4) is 0 Å². The van der Waals surface area contributed by atoms with Gasteiger partial charge in [-0.05, 0) is 42.7 Å². The van der Waals surface area contributed by atoms with Crippen molar-refractivity contribution in [2.75, 3.05) is 18.5 Å². The topological polar surface area (TPSA) is 41.6 Å². The highest BCUT2D eigenvalue weighted by Crippen LogP contribution is 2.34. The zero-order chi connectivity index (χ0) is 16.5. The Hall–Kier alpha value is -1.85. The van der Waals surface area contributed by atoms with Crippen LogP contribution >= 0.6 is 15.9 Å². The first-order chi connectivity index (χ1) is 11.7. The number of nitrogens with zero attached hydrogens (tertiary/aromatic N) is 1.